The summed E-state index contributed by atoms with van der Waals surface area (Å²) in [6.45, 7) is -0.213. The van der Waals surface area contributed by atoms with Crippen LogP contribution in [-0.4, -0.2) is 19.8 Å². The first-order chi connectivity index (χ1) is 11.8. The quantitative estimate of drug-likeness (QED) is 0.649. The Morgan fingerprint density at radius 2 is 1.92 bits per heavy atom. The lowest BCUT2D eigenvalue weighted by Gasteiger charge is -2.18. The topological polar surface area (TPSA) is 67.6 Å². The molecule has 0 saturated carbocycles. The van der Waals surface area contributed by atoms with Crippen molar-refractivity contribution in [2.24, 2.45) is 0 Å². The summed E-state index contributed by atoms with van der Waals surface area (Å²) in [5.74, 6) is -0.574. The normalized spacial score (nSPS) is 12.0. The molecular weight excluding hydrogens is 369 g/mol. The van der Waals surface area contributed by atoms with Crippen molar-refractivity contribution in [3.8, 4) is 0 Å². The summed E-state index contributed by atoms with van der Waals surface area (Å²) in [7, 11) is -2.54. The molecule has 0 fully saturated rings. The fourth-order valence-electron chi connectivity index (χ4n) is 2.38. The Labute approximate surface area is 148 Å². The van der Waals surface area contributed by atoms with Crippen LogP contribution >= 0.6 is 11.6 Å². The molecule has 8 heteroatoms. The van der Waals surface area contributed by atoms with Crippen molar-refractivity contribution in [2.75, 3.05) is 7.05 Å². The molecule has 0 N–H and O–H groups in total. The standard InChI is InChI=1S/C17H13ClFNO4S/c1-20(10-13-14(18)3-2-4-15(13)19)25(22,23)12-6-7-16-11(9-12)5-8-17(21)24-16/h2-9H,10H2,1H3. The summed E-state index contributed by atoms with van der Waals surface area (Å²) in [5.41, 5.74) is -0.136. The third kappa shape index (κ3) is 3.44. The number of hydrogen-bond donors (Lipinski definition) is 0. The molecule has 0 spiro atoms. The number of rotatable bonds is 4. The van der Waals surface area contributed by atoms with Crippen LogP contribution in [0.25, 0.3) is 11.0 Å². The molecule has 0 aliphatic heterocycles. The van der Waals surface area contributed by atoms with Gasteiger partial charge in [-0.25, -0.2) is 17.6 Å². The Kier molecular flexibility index (Phi) is 4.64. The predicted molar refractivity (Wildman–Crippen MR) is 92.5 cm³/mol. The fraction of sp³-hybridized carbons (Fsp3) is 0.118. The van der Waals surface area contributed by atoms with E-state index in [-0.39, 0.29) is 27.6 Å². The molecule has 130 valence electrons. The van der Waals surface area contributed by atoms with E-state index >= 15 is 0 Å². The zero-order valence-electron chi connectivity index (χ0n) is 13.1. The molecule has 3 aromatic rings. The highest BCUT2D eigenvalue weighted by atomic mass is 35.5. The van der Waals surface area contributed by atoms with Crippen molar-refractivity contribution in [3.05, 3.63) is 75.4 Å². The summed E-state index contributed by atoms with van der Waals surface area (Å²) < 4.78 is 45.4. The number of sulfonamides is 1. The Bertz CT molecular complexity index is 1090. The molecule has 0 atom stereocenters. The monoisotopic (exact) mass is 381 g/mol. The van der Waals surface area contributed by atoms with Gasteiger partial charge in [0.2, 0.25) is 10.0 Å². The van der Waals surface area contributed by atoms with Crippen LogP contribution in [0.1, 0.15) is 5.56 Å². The molecule has 1 aromatic heterocycles. The third-order valence-corrected chi connectivity index (χ3v) is 5.89. The smallest absolute Gasteiger partial charge is 0.336 e. The van der Waals surface area contributed by atoms with Gasteiger partial charge in [-0.15, -0.1) is 0 Å². The van der Waals surface area contributed by atoms with E-state index in [1.54, 1.807) is 0 Å². The number of nitrogens with zero attached hydrogens (tertiary/aromatic N) is 1. The van der Waals surface area contributed by atoms with Crippen LogP contribution in [0, 0.1) is 5.82 Å². The minimum atomic E-state index is -3.88. The molecule has 3 rings (SSSR count). The number of benzene rings is 2. The molecule has 0 aliphatic carbocycles. The second-order valence-electron chi connectivity index (χ2n) is 5.42. The minimum Gasteiger partial charge on any atom is -0.423 e. The van der Waals surface area contributed by atoms with Gasteiger partial charge in [-0.3, -0.25) is 0 Å². The van der Waals surface area contributed by atoms with Crippen LogP contribution in [0.15, 0.2) is 62.6 Å². The van der Waals surface area contributed by atoms with E-state index in [0.29, 0.717) is 5.39 Å². The van der Waals surface area contributed by atoms with E-state index in [0.717, 1.165) is 4.31 Å². The Morgan fingerprint density at radius 1 is 1.16 bits per heavy atom. The van der Waals surface area contributed by atoms with Gasteiger partial charge in [0.1, 0.15) is 11.4 Å². The second kappa shape index (κ2) is 6.59. The molecule has 5 nitrogen and oxygen atoms in total. The fourth-order valence-corrected chi connectivity index (χ4v) is 3.78. The molecule has 1 heterocycles. The van der Waals surface area contributed by atoms with Crippen molar-refractivity contribution < 1.29 is 17.2 Å². The van der Waals surface area contributed by atoms with Crippen LogP contribution in [0.3, 0.4) is 0 Å². The van der Waals surface area contributed by atoms with Gasteiger partial charge in [-0.1, -0.05) is 17.7 Å². The highest BCUT2D eigenvalue weighted by molar-refractivity contribution is 7.89. The van der Waals surface area contributed by atoms with Crippen LogP contribution < -0.4 is 5.63 Å². The zero-order valence-corrected chi connectivity index (χ0v) is 14.6. The number of fused-ring (bicyclic) bond motifs is 1. The lowest BCUT2D eigenvalue weighted by Crippen LogP contribution is -2.27. The van der Waals surface area contributed by atoms with Crippen LogP contribution in [0.4, 0.5) is 4.39 Å². The first-order valence-corrected chi connectivity index (χ1v) is 9.04. The average molecular weight is 382 g/mol. The van der Waals surface area contributed by atoms with E-state index in [1.807, 2.05) is 0 Å². The molecule has 0 amide bonds. The van der Waals surface area contributed by atoms with Crippen molar-refractivity contribution in [2.45, 2.75) is 11.4 Å². The van der Waals surface area contributed by atoms with Gasteiger partial charge in [-0.05, 0) is 36.4 Å². The van der Waals surface area contributed by atoms with Crippen molar-refractivity contribution in [3.63, 3.8) is 0 Å². The maximum atomic E-state index is 13.9. The van der Waals surface area contributed by atoms with E-state index in [9.17, 15) is 17.6 Å². The van der Waals surface area contributed by atoms with Gasteiger partial charge in [0.05, 0.1) is 4.90 Å². The summed E-state index contributed by atoms with van der Waals surface area (Å²) in [6, 6.07) is 11.0. The third-order valence-electron chi connectivity index (χ3n) is 3.74. The van der Waals surface area contributed by atoms with E-state index in [1.165, 1.54) is 55.6 Å². The van der Waals surface area contributed by atoms with E-state index in [4.69, 9.17) is 16.0 Å². The number of halogens is 2. The maximum Gasteiger partial charge on any atom is 0.336 e. The van der Waals surface area contributed by atoms with Crippen LogP contribution in [-0.2, 0) is 16.6 Å². The molecule has 25 heavy (non-hydrogen) atoms. The Balaban J connectivity index is 1.98. The zero-order chi connectivity index (χ0) is 18.2. The highest BCUT2D eigenvalue weighted by Gasteiger charge is 2.23. The van der Waals surface area contributed by atoms with Crippen molar-refractivity contribution in [1.82, 2.24) is 4.31 Å². The molecule has 0 saturated heterocycles. The molecule has 0 radical (unpaired) electrons. The first kappa shape index (κ1) is 17.6. The first-order valence-electron chi connectivity index (χ1n) is 7.22. The molecular formula is C17H13ClFNO4S. The Morgan fingerprint density at radius 3 is 2.64 bits per heavy atom. The lowest BCUT2D eigenvalue weighted by atomic mass is 10.2. The molecule has 2 aromatic carbocycles. The largest absolute Gasteiger partial charge is 0.423 e. The molecule has 0 unspecified atom stereocenters. The molecule has 0 aliphatic rings. The van der Waals surface area contributed by atoms with Crippen molar-refractivity contribution >= 4 is 32.6 Å². The number of hydrogen-bond acceptors (Lipinski definition) is 4. The highest BCUT2D eigenvalue weighted by Crippen LogP contribution is 2.25. The summed E-state index contributed by atoms with van der Waals surface area (Å²) >= 11 is 5.96. The van der Waals surface area contributed by atoms with Crippen molar-refractivity contribution in [1.29, 1.82) is 0 Å². The van der Waals surface area contributed by atoms with Gasteiger partial charge in [0.25, 0.3) is 0 Å². The van der Waals surface area contributed by atoms with Gasteiger partial charge in [0.15, 0.2) is 0 Å². The van der Waals surface area contributed by atoms with Crippen LogP contribution in [0.2, 0.25) is 5.02 Å². The molecule has 0 bridgehead atoms. The summed E-state index contributed by atoms with van der Waals surface area (Å²) in [5, 5.41) is 0.625. The second-order valence-corrected chi connectivity index (χ2v) is 7.87. The lowest BCUT2D eigenvalue weighted by molar-refractivity contribution is 0.456. The minimum absolute atomic E-state index is 0.00353. The van der Waals surface area contributed by atoms with E-state index in [2.05, 4.69) is 0 Å². The summed E-state index contributed by atoms with van der Waals surface area (Å²) in [6.07, 6.45) is 0. The SMILES string of the molecule is CN(Cc1c(F)cccc1Cl)S(=O)(=O)c1ccc2oc(=O)ccc2c1. The van der Waals surface area contributed by atoms with Gasteiger partial charge < -0.3 is 4.42 Å². The predicted octanol–water partition coefficient (Wildman–Crippen LogP) is 3.41. The average Bonchev–Trinajstić information content (AvgIpc) is 2.57. The maximum absolute atomic E-state index is 13.9. The summed E-state index contributed by atoms with van der Waals surface area (Å²) in [4.78, 5) is 11.2. The van der Waals surface area contributed by atoms with Crippen LogP contribution in [0.5, 0.6) is 0 Å². The van der Waals surface area contributed by atoms with Gasteiger partial charge in [0, 0.05) is 35.6 Å². The van der Waals surface area contributed by atoms with Gasteiger partial charge >= 0.3 is 5.63 Å². The van der Waals surface area contributed by atoms with Gasteiger partial charge in [-0.2, -0.15) is 4.31 Å². The van der Waals surface area contributed by atoms with E-state index < -0.39 is 21.5 Å². The Hall–Kier alpha value is -2.22.